The van der Waals surface area contributed by atoms with Crippen LogP contribution in [-0.2, 0) is 0 Å². The molecule has 2 aliphatic heterocycles. The molecule has 2 bridgehead atoms. The fourth-order valence-electron chi connectivity index (χ4n) is 2.14. The molecule has 2 heteroatoms. The van der Waals surface area contributed by atoms with Gasteiger partial charge in [-0.15, -0.1) is 0 Å². The van der Waals surface area contributed by atoms with Crippen LogP contribution in [0.3, 0.4) is 0 Å². The number of nitriles is 1. The molecule has 2 saturated heterocycles. The van der Waals surface area contributed by atoms with Gasteiger partial charge in [0.2, 0.25) is 0 Å². The Morgan fingerprint density at radius 3 is 2.90 bits per heavy atom. The van der Waals surface area contributed by atoms with Crippen LogP contribution in [0.15, 0.2) is 0 Å². The van der Waals surface area contributed by atoms with Crippen molar-refractivity contribution in [2.75, 3.05) is 19.6 Å². The highest BCUT2D eigenvalue weighted by molar-refractivity contribution is 5.07. The summed E-state index contributed by atoms with van der Waals surface area (Å²) in [6.07, 6.45) is 3.48. The van der Waals surface area contributed by atoms with Crippen molar-refractivity contribution in [3.05, 3.63) is 0 Å². The first-order valence-corrected chi connectivity index (χ1v) is 3.98. The molecule has 0 aromatic rings. The molecule has 2 fully saturated rings. The Bertz CT molecular complexity index is 178. The molecule has 2 atom stereocenters. The molecular weight excluding hydrogens is 124 g/mol. The van der Waals surface area contributed by atoms with Crippen LogP contribution >= 0.6 is 0 Å². The molecule has 2 aliphatic rings. The van der Waals surface area contributed by atoms with Gasteiger partial charge in [-0.25, -0.2) is 0 Å². The van der Waals surface area contributed by atoms with E-state index in [4.69, 9.17) is 5.26 Å². The minimum absolute atomic E-state index is 0.0677. The smallest absolute Gasteiger partial charge is 0.0713 e. The summed E-state index contributed by atoms with van der Waals surface area (Å²) < 4.78 is 0. The molecular formula is C8H12N2. The van der Waals surface area contributed by atoms with Gasteiger partial charge in [0.1, 0.15) is 0 Å². The van der Waals surface area contributed by atoms with Gasteiger partial charge in [0, 0.05) is 6.54 Å². The van der Waals surface area contributed by atoms with E-state index in [2.05, 4.69) is 11.0 Å². The quantitative estimate of drug-likeness (QED) is 0.496. The van der Waals surface area contributed by atoms with Crippen LogP contribution in [0.2, 0.25) is 0 Å². The number of fused-ring (bicyclic) bond motifs is 2. The summed E-state index contributed by atoms with van der Waals surface area (Å²) in [5, 5.41) is 8.89. The molecule has 0 spiro atoms. The molecule has 0 amide bonds. The molecule has 2 unspecified atom stereocenters. The second-order valence-corrected chi connectivity index (χ2v) is 3.52. The highest BCUT2D eigenvalue weighted by Crippen LogP contribution is 2.38. The molecule has 0 saturated carbocycles. The minimum Gasteiger partial charge on any atom is -0.302 e. The summed E-state index contributed by atoms with van der Waals surface area (Å²) >= 11 is 0. The van der Waals surface area contributed by atoms with Crippen LogP contribution in [0.4, 0.5) is 0 Å². The number of hydrogen-bond donors (Lipinski definition) is 0. The largest absolute Gasteiger partial charge is 0.302 e. The number of piperidine rings is 1. The monoisotopic (exact) mass is 136 g/mol. The van der Waals surface area contributed by atoms with E-state index < -0.39 is 0 Å². The fourth-order valence-corrected chi connectivity index (χ4v) is 2.14. The lowest BCUT2D eigenvalue weighted by Gasteiger charge is -2.27. The molecule has 2 rings (SSSR count). The fraction of sp³-hybridized carbons (Fsp3) is 0.875. The van der Waals surface area contributed by atoms with Gasteiger partial charge >= 0.3 is 0 Å². The van der Waals surface area contributed by atoms with Crippen LogP contribution in [0.1, 0.15) is 19.3 Å². The Labute approximate surface area is 61.4 Å². The zero-order valence-corrected chi connectivity index (χ0v) is 6.14. The van der Waals surface area contributed by atoms with Crippen LogP contribution < -0.4 is 0 Å². The average molecular weight is 136 g/mol. The molecule has 0 N–H and O–H groups in total. The van der Waals surface area contributed by atoms with Gasteiger partial charge in [0.15, 0.2) is 0 Å². The average Bonchev–Trinajstić information content (AvgIpc) is 2.29. The Kier molecular flexibility index (Phi) is 1.21. The maximum absolute atomic E-state index is 8.89. The lowest BCUT2D eigenvalue weighted by molar-refractivity contribution is 0.230. The Morgan fingerprint density at radius 2 is 2.20 bits per heavy atom. The van der Waals surface area contributed by atoms with E-state index in [0.29, 0.717) is 0 Å². The van der Waals surface area contributed by atoms with Gasteiger partial charge in [-0.05, 0) is 32.4 Å². The molecule has 2 nitrogen and oxygen atoms in total. The summed E-state index contributed by atoms with van der Waals surface area (Å²) in [6, 6.07) is 2.47. The van der Waals surface area contributed by atoms with Crippen molar-refractivity contribution < 1.29 is 0 Å². The summed E-state index contributed by atoms with van der Waals surface area (Å²) in [6.45, 7) is 3.43. The van der Waals surface area contributed by atoms with Gasteiger partial charge in [-0.3, -0.25) is 0 Å². The van der Waals surface area contributed by atoms with Crippen molar-refractivity contribution >= 4 is 0 Å². The predicted molar refractivity (Wildman–Crippen MR) is 38.3 cm³/mol. The molecule has 0 aromatic carbocycles. The van der Waals surface area contributed by atoms with Gasteiger partial charge in [0.25, 0.3) is 0 Å². The van der Waals surface area contributed by atoms with Gasteiger partial charge in [-0.2, -0.15) is 5.26 Å². The zero-order valence-electron chi connectivity index (χ0n) is 6.14. The summed E-state index contributed by atoms with van der Waals surface area (Å²) in [5.74, 6) is 0. The van der Waals surface area contributed by atoms with Gasteiger partial charge < -0.3 is 4.90 Å². The van der Waals surface area contributed by atoms with E-state index in [1.165, 1.54) is 13.0 Å². The predicted octanol–water partition coefficient (Wildman–Crippen LogP) is 0.996. The standard InChI is InChI=1S/C8H12N2/c9-6-8-2-1-4-10(7-8)5-3-8/h1-5,7H2. The lowest BCUT2D eigenvalue weighted by Crippen LogP contribution is -2.32. The van der Waals surface area contributed by atoms with E-state index in [9.17, 15) is 0 Å². The maximum atomic E-state index is 8.89. The number of nitrogens with zero attached hydrogens (tertiary/aromatic N) is 2. The zero-order chi connectivity index (χ0) is 7.03. The van der Waals surface area contributed by atoms with E-state index in [1.54, 1.807) is 0 Å². The van der Waals surface area contributed by atoms with E-state index in [0.717, 1.165) is 25.9 Å². The molecule has 10 heavy (non-hydrogen) atoms. The van der Waals surface area contributed by atoms with Gasteiger partial charge in [-0.1, -0.05) is 0 Å². The van der Waals surface area contributed by atoms with Crippen molar-refractivity contribution in [2.24, 2.45) is 5.41 Å². The third kappa shape index (κ3) is 0.741. The van der Waals surface area contributed by atoms with Crippen LogP contribution in [-0.4, -0.2) is 24.5 Å². The number of rotatable bonds is 0. The highest BCUT2D eigenvalue weighted by Gasteiger charge is 2.40. The lowest BCUT2D eigenvalue weighted by atomic mass is 9.83. The topological polar surface area (TPSA) is 27.0 Å². The Morgan fingerprint density at radius 1 is 1.30 bits per heavy atom. The van der Waals surface area contributed by atoms with Crippen LogP contribution in [0.25, 0.3) is 0 Å². The van der Waals surface area contributed by atoms with E-state index in [1.807, 2.05) is 0 Å². The second-order valence-electron chi connectivity index (χ2n) is 3.52. The normalized spacial score (nSPS) is 44.9. The molecule has 0 radical (unpaired) electrons. The Balaban J connectivity index is 2.19. The molecule has 54 valence electrons. The SMILES string of the molecule is N#CC12CCCN(CC1)C2. The first-order chi connectivity index (χ1) is 4.85. The summed E-state index contributed by atoms with van der Waals surface area (Å²) in [5.41, 5.74) is 0.0677. The van der Waals surface area contributed by atoms with E-state index >= 15 is 0 Å². The second kappa shape index (κ2) is 1.96. The van der Waals surface area contributed by atoms with Gasteiger partial charge in [0.05, 0.1) is 11.5 Å². The molecule has 2 heterocycles. The Hall–Kier alpha value is -0.550. The van der Waals surface area contributed by atoms with Crippen molar-refractivity contribution in [2.45, 2.75) is 19.3 Å². The highest BCUT2D eigenvalue weighted by atomic mass is 15.2. The van der Waals surface area contributed by atoms with Crippen molar-refractivity contribution in [1.82, 2.24) is 4.90 Å². The summed E-state index contributed by atoms with van der Waals surface area (Å²) in [4.78, 5) is 2.41. The maximum Gasteiger partial charge on any atom is 0.0713 e. The van der Waals surface area contributed by atoms with Crippen molar-refractivity contribution in [3.8, 4) is 6.07 Å². The van der Waals surface area contributed by atoms with E-state index in [-0.39, 0.29) is 5.41 Å². The molecule has 0 aromatic heterocycles. The summed E-state index contributed by atoms with van der Waals surface area (Å²) in [7, 11) is 0. The van der Waals surface area contributed by atoms with Crippen molar-refractivity contribution in [1.29, 1.82) is 5.26 Å². The van der Waals surface area contributed by atoms with Crippen molar-refractivity contribution in [3.63, 3.8) is 0 Å². The first kappa shape index (κ1) is 6.18. The minimum atomic E-state index is 0.0677. The van der Waals surface area contributed by atoms with Crippen LogP contribution in [0.5, 0.6) is 0 Å². The number of hydrogen-bond acceptors (Lipinski definition) is 2. The third-order valence-corrected chi connectivity index (χ3v) is 2.80. The third-order valence-electron chi connectivity index (χ3n) is 2.80. The first-order valence-electron chi connectivity index (χ1n) is 3.98. The van der Waals surface area contributed by atoms with Crippen LogP contribution in [0, 0.1) is 16.7 Å². The molecule has 0 aliphatic carbocycles.